The van der Waals surface area contributed by atoms with Crippen molar-refractivity contribution in [3.05, 3.63) is 59.3 Å². The molecule has 1 atom stereocenters. The number of carbonyl (C=O) groups is 1. The molecule has 9 nitrogen and oxygen atoms in total. The number of ether oxygens (including phenoxy) is 1. The van der Waals surface area contributed by atoms with Gasteiger partial charge in [0.25, 0.3) is 0 Å². The number of amides is 2. The van der Waals surface area contributed by atoms with Crippen molar-refractivity contribution < 1.29 is 24.1 Å². The zero-order valence-electron chi connectivity index (χ0n) is 18.9. The van der Waals surface area contributed by atoms with Crippen molar-refractivity contribution >= 4 is 23.2 Å². The van der Waals surface area contributed by atoms with Crippen LogP contribution in [-0.4, -0.2) is 39.3 Å². The summed E-state index contributed by atoms with van der Waals surface area (Å²) < 4.78 is 20.3. The summed E-state index contributed by atoms with van der Waals surface area (Å²) in [4.78, 5) is 25.1. The average molecular weight is 477 g/mol. The number of aromatic nitrogens is 2. The van der Waals surface area contributed by atoms with E-state index in [1.807, 2.05) is 0 Å². The molecule has 2 amide bonds. The molecule has 1 fully saturated rings. The molecule has 3 aromatic rings. The number of urea groups is 1. The van der Waals surface area contributed by atoms with Crippen molar-refractivity contribution in [1.82, 2.24) is 9.97 Å². The highest BCUT2D eigenvalue weighted by Crippen LogP contribution is 2.45. The number of nitrogens with zero attached hydrogens (tertiary/aromatic N) is 4. The van der Waals surface area contributed by atoms with Gasteiger partial charge < -0.3 is 25.2 Å². The van der Waals surface area contributed by atoms with Crippen LogP contribution in [0.3, 0.4) is 0 Å². The van der Waals surface area contributed by atoms with Gasteiger partial charge in [0.1, 0.15) is 34.9 Å². The van der Waals surface area contributed by atoms with Crippen LogP contribution in [0.25, 0.3) is 0 Å². The highest BCUT2D eigenvalue weighted by molar-refractivity contribution is 6.07. The average Bonchev–Trinajstić information content (AvgIpc) is 3.39. The molecule has 3 N–H and O–H groups in total. The quantitative estimate of drug-likeness (QED) is 0.517. The van der Waals surface area contributed by atoms with Crippen LogP contribution in [-0.2, 0) is 13.0 Å². The lowest BCUT2D eigenvalue weighted by atomic mass is 9.98. The largest absolute Gasteiger partial charge is 0.506 e. The third-order valence-electron chi connectivity index (χ3n) is 6.83. The van der Waals surface area contributed by atoms with Gasteiger partial charge >= 0.3 is 6.03 Å². The van der Waals surface area contributed by atoms with Gasteiger partial charge in [0, 0.05) is 30.9 Å². The standard InChI is InChI=1S/C25H24FN5O4/c26-16-4-3-7-27-23(16)20-6-5-14-10-18(32)17(11-21(14)35-20)31-13-15-19(33)12-28-24(22(15)29-25(31)34)30-8-1-2-9-30/h3-4,7,10-12,20,32-33H,1-2,5-6,8-9,13H2,(H,29,34). The lowest BCUT2D eigenvalue weighted by molar-refractivity contribution is 0.167. The summed E-state index contributed by atoms with van der Waals surface area (Å²) in [5.41, 5.74) is 2.23. The molecule has 1 unspecified atom stereocenters. The van der Waals surface area contributed by atoms with E-state index in [-0.39, 0.29) is 29.4 Å². The van der Waals surface area contributed by atoms with E-state index < -0.39 is 18.0 Å². The van der Waals surface area contributed by atoms with Crippen LogP contribution in [0.5, 0.6) is 17.2 Å². The number of phenolic OH excluding ortho intramolecular Hbond substituents is 1. The Labute approximate surface area is 200 Å². The number of phenols is 1. The first-order valence-electron chi connectivity index (χ1n) is 11.7. The van der Waals surface area contributed by atoms with Gasteiger partial charge in [-0.25, -0.2) is 14.2 Å². The number of hydrogen-bond donors (Lipinski definition) is 3. The summed E-state index contributed by atoms with van der Waals surface area (Å²) in [7, 11) is 0. The number of pyridine rings is 2. The second-order valence-electron chi connectivity index (χ2n) is 9.00. The number of hydrogen-bond acceptors (Lipinski definition) is 7. The zero-order chi connectivity index (χ0) is 24.1. The topological polar surface area (TPSA) is 111 Å². The Morgan fingerprint density at radius 2 is 1.97 bits per heavy atom. The first-order valence-corrected chi connectivity index (χ1v) is 11.7. The SMILES string of the molecule is O=C1Nc2c(N3CCCC3)ncc(O)c2CN1c1cc2c(cc1O)CCC(c1ncccc1F)O2. The second-order valence-corrected chi connectivity index (χ2v) is 9.00. The smallest absolute Gasteiger partial charge is 0.326 e. The van der Waals surface area contributed by atoms with Gasteiger partial charge in [-0.3, -0.25) is 9.88 Å². The van der Waals surface area contributed by atoms with Crippen LogP contribution < -0.4 is 19.9 Å². The van der Waals surface area contributed by atoms with Gasteiger partial charge in [-0.1, -0.05) is 0 Å². The molecule has 180 valence electrons. The number of aromatic hydroxyl groups is 2. The van der Waals surface area contributed by atoms with Crippen molar-refractivity contribution in [3.63, 3.8) is 0 Å². The molecule has 0 aliphatic carbocycles. The van der Waals surface area contributed by atoms with E-state index in [0.29, 0.717) is 35.7 Å². The van der Waals surface area contributed by atoms with E-state index in [2.05, 4.69) is 20.2 Å². The molecular weight excluding hydrogens is 453 g/mol. The fraction of sp³-hybridized carbons (Fsp3) is 0.320. The predicted octanol–water partition coefficient (Wildman–Crippen LogP) is 4.25. The molecule has 2 aromatic heterocycles. The Morgan fingerprint density at radius 1 is 1.14 bits per heavy atom. The van der Waals surface area contributed by atoms with Crippen LogP contribution in [0, 0.1) is 5.82 Å². The molecule has 10 heteroatoms. The van der Waals surface area contributed by atoms with Crippen molar-refractivity contribution in [2.75, 3.05) is 28.2 Å². The van der Waals surface area contributed by atoms with E-state index in [1.165, 1.54) is 29.4 Å². The van der Waals surface area contributed by atoms with Crippen molar-refractivity contribution in [2.24, 2.45) is 0 Å². The molecule has 0 radical (unpaired) electrons. The first-order chi connectivity index (χ1) is 17.0. The lowest BCUT2D eigenvalue weighted by Crippen LogP contribution is -2.40. The fourth-order valence-corrected chi connectivity index (χ4v) is 5.04. The molecule has 3 aliphatic heterocycles. The maximum atomic E-state index is 14.3. The molecule has 0 saturated carbocycles. The highest BCUT2D eigenvalue weighted by atomic mass is 19.1. The van der Waals surface area contributed by atoms with Crippen molar-refractivity contribution in [2.45, 2.75) is 38.3 Å². The van der Waals surface area contributed by atoms with Crippen LogP contribution in [0.15, 0.2) is 36.7 Å². The zero-order valence-corrected chi connectivity index (χ0v) is 18.9. The maximum Gasteiger partial charge on any atom is 0.326 e. The highest BCUT2D eigenvalue weighted by Gasteiger charge is 2.34. The fourth-order valence-electron chi connectivity index (χ4n) is 5.04. The third kappa shape index (κ3) is 3.65. The predicted molar refractivity (Wildman–Crippen MR) is 127 cm³/mol. The molecule has 35 heavy (non-hydrogen) atoms. The summed E-state index contributed by atoms with van der Waals surface area (Å²) in [6.07, 6.45) is 5.50. The number of nitrogens with one attached hydrogen (secondary N) is 1. The molecule has 1 saturated heterocycles. The van der Waals surface area contributed by atoms with Crippen LogP contribution in [0.4, 0.5) is 26.4 Å². The van der Waals surface area contributed by atoms with Gasteiger partial charge in [-0.05, 0) is 49.4 Å². The Kier molecular flexibility index (Phi) is 5.09. The summed E-state index contributed by atoms with van der Waals surface area (Å²) in [5.74, 6) is 0.537. The van der Waals surface area contributed by atoms with Gasteiger partial charge in [0.05, 0.1) is 24.1 Å². The Bertz CT molecular complexity index is 1330. The van der Waals surface area contributed by atoms with Crippen LogP contribution in [0.2, 0.25) is 0 Å². The van der Waals surface area contributed by atoms with E-state index >= 15 is 0 Å². The Morgan fingerprint density at radius 3 is 2.77 bits per heavy atom. The molecule has 0 bridgehead atoms. The number of aryl methyl sites for hydroxylation is 1. The Hall–Kier alpha value is -4.08. The first kappa shape index (κ1) is 21.5. The molecule has 5 heterocycles. The number of carbonyl (C=O) groups excluding carboxylic acids is 1. The van der Waals surface area contributed by atoms with E-state index in [9.17, 15) is 19.4 Å². The monoisotopic (exact) mass is 477 g/mol. The number of anilines is 3. The molecule has 1 aromatic carbocycles. The summed E-state index contributed by atoms with van der Waals surface area (Å²) in [6, 6.07) is 5.57. The van der Waals surface area contributed by atoms with E-state index in [4.69, 9.17) is 4.74 Å². The minimum Gasteiger partial charge on any atom is -0.506 e. The summed E-state index contributed by atoms with van der Waals surface area (Å²) in [5, 5.41) is 24.2. The van der Waals surface area contributed by atoms with E-state index in [0.717, 1.165) is 31.5 Å². The van der Waals surface area contributed by atoms with Crippen LogP contribution >= 0.6 is 0 Å². The maximum absolute atomic E-state index is 14.3. The molecular formula is C25H24FN5O4. The van der Waals surface area contributed by atoms with Gasteiger partial charge in [0.2, 0.25) is 0 Å². The van der Waals surface area contributed by atoms with Crippen molar-refractivity contribution in [1.29, 1.82) is 0 Å². The number of fused-ring (bicyclic) bond motifs is 2. The molecule has 0 spiro atoms. The van der Waals surface area contributed by atoms with Gasteiger partial charge in [-0.2, -0.15) is 0 Å². The minimum absolute atomic E-state index is 0.0349. The Balaban J connectivity index is 1.34. The van der Waals surface area contributed by atoms with Crippen molar-refractivity contribution in [3.8, 4) is 17.2 Å². The second kappa shape index (κ2) is 8.30. The number of benzene rings is 1. The number of rotatable bonds is 3. The number of halogens is 1. The summed E-state index contributed by atoms with van der Waals surface area (Å²) in [6.45, 7) is 1.72. The van der Waals surface area contributed by atoms with Gasteiger partial charge in [0.15, 0.2) is 5.82 Å². The third-order valence-corrected chi connectivity index (χ3v) is 6.83. The minimum atomic E-state index is -0.574. The lowest BCUT2D eigenvalue weighted by Gasteiger charge is -2.33. The van der Waals surface area contributed by atoms with Gasteiger partial charge in [-0.15, -0.1) is 0 Å². The van der Waals surface area contributed by atoms with E-state index in [1.54, 1.807) is 12.1 Å². The molecule has 3 aliphatic rings. The normalized spacial score (nSPS) is 19.1. The summed E-state index contributed by atoms with van der Waals surface area (Å²) >= 11 is 0. The van der Waals surface area contributed by atoms with Crippen LogP contribution in [0.1, 0.15) is 42.2 Å². The molecule has 6 rings (SSSR count).